The van der Waals surface area contributed by atoms with Crippen molar-refractivity contribution in [3.05, 3.63) is 66.0 Å². The van der Waals surface area contributed by atoms with Gasteiger partial charge in [0.25, 0.3) is 0 Å². The van der Waals surface area contributed by atoms with Crippen LogP contribution in [0.2, 0.25) is 0 Å². The molecule has 0 radical (unpaired) electrons. The zero-order valence-electron chi connectivity index (χ0n) is 22.4. The summed E-state index contributed by atoms with van der Waals surface area (Å²) < 4.78 is 12.3. The fraction of sp³-hybridized carbons (Fsp3) is 0.433. The molecular formula is C30H33N5O4. The number of benzene rings is 2. The summed E-state index contributed by atoms with van der Waals surface area (Å²) in [4.78, 5) is 11.6. The van der Waals surface area contributed by atoms with Crippen molar-refractivity contribution in [3.8, 4) is 17.0 Å². The number of para-hydroxylation sites is 1. The molecule has 0 saturated heterocycles. The fourth-order valence-electron chi connectivity index (χ4n) is 6.43. The van der Waals surface area contributed by atoms with E-state index in [9.17, 15) is 9.90 Å². The van der Waals surface area contributed by atoms with E-state index < -0.39 is 12.0 Å². The maximum Gasteiger partial charge on any atom is 0.328 e. The van der Waals surface area contributed by atoms with Crippen molar-refractivity contribution < 1.29 is 19.4 Å². The second kappa shape index (κ2) is 10.0. The number of nitrogens with zero attached hydrogens (tertiary/aromatic N) is 5. The minimum absolute atomic E-state index is 0.0545. The molecular weight excluding hydrogens is 494 g/mol. The Labute approximate surface area is 227 Å². The number of hydrogen-bond acceptors (Lipinski definition) is 7. The molecule has 6 rings (SSSR count). The smallest absolute Gasteiger partial charge is 0.328 e. The zero-order chi connectivity index (χ0) is 27.1. The number of carboxylic acid groups (broad SMARTS) is 1. The minimum Gasteiger partial charge on any atom is -0.480 e. The van der Waals surface area contributed by atoms with E-state index in [1.165, 1.54) is 10.2 Å². The van der Waals surface area contributed by atoms with Gasteiger partial charge in [-0.1, -0.05) is 43.3 Å². The van der Waals surface area contributed by atoms with E-state index in [0.29, 0.717) is 23.0 Å². The van der Waals surface area contributed by atoms with Crippen LogP contribution in [0, 0.1) is 11.3 Å². The predicted molar refractivity (Wildman–Crippen MR) is 145 cm³/mol. The number of carbonyl (C=O) groups is 1. The van der Waals surface area contributed by atoms with Crippen LogP contribution in [0.3, 0.4) is 0 Å². The van der Waals surface area contributed by atoms with E-state index in [2.05, 4.69) is 44.8 Å². The third-order valence-corrected chi connectivity index (χ3v) is 8.41. The molecule has 1 atom stereocenters. The first-order chi connectivity index (χ1) is 18.9. The van der Waals surface area contributed by atoms with Gasteiger partial charge in [-0.3, -0.25) is 0 Å². The van der Waals surface area contributed by atoms with Gasteiger partial charge in [0, 0.05) is 30.2 Å². The summed E-state index contributed by atoms with van der Waals surface area (Å²) in [7, 11) is 1.60. The van der Waals surface area contributed by atoms with Gasteiger partial charge in [0.1, 0.15) is 5.75 Å². The number of fused-ring (bicyclic) bond motifs is 1. The van der Waals surface area contributed by atoms with E-state index >= 15 is 0 Å². The number of methoxy groups -OCH3 is 1. The van der Waals surface area contributed by atoms with Gasteiger partial charge >= 0.3 is 5.97 Å². The molecule has 4 aromatic rings. The highest BCUT2D eigenvalue weighted by atomic mass is 16.7. The lowest BCUT2D eigenvalue weighted by Gasteiger charge is -2.57. The van der Waals surface area contributed by atoms with Crippen LogP contribution in [0.15, 0.2) is 54.7 Å². The lowest BCUT2D eigenvalue weighted by atomic mass is 9.47. The second-order valence-electron chi connectivity index (χ2n) is 11.5. The van der Waals surface area contributed by atoms with Crippen LogP contribution < -0.4 is 4.74 Å². The topological polar surface area (TPSA) is 112 Å². The summed E-state index contributed by atoms with van der Waals surface area (Å²) in [5.74, 6) is 0.671. The Morgan fingerprint density at radius 1 is 1.05 bits per heavy atom. The minimum atomic E-state index is -0.870. The maximum absolute atomic E-state index is 11.6. The quantitative estimate of drug-likeness (QED) is 0.280. The van der Waals surface area contributed by atoms with Gasteiger partial charge in [-0.05, 0) is 72.8 Å². The van der Waals surface area contributed by atoms with Crippen molar-refractivity contribution in [3.63, 3.8) is 0 Å². The number of ether oxygens (including phenoxy) is 2. The van der Waals surface area contributed by atoms with Gasteiger partial charge in [0.15, 0.2) is 12.8 Å². The van der Waals surface area contributed by atoms with Crippen molar-refractivity contribution in [2.75, 3.05) is 13.9 Å². The molecule has 2 saturated carbocycles. The average molecular weight is 528 g/mol. The van der Waals surface area contributed by atoms with E-state index in [4.69, 9.17) is 9.47 Å². The summed E-state index contributed by atoms with van der Waals surface area (Å²) in [5, 5.41) is 28.1. The normalized spacial score (nSPS) is 23.0. The SMILES string of the molecule is COCOc1ccccc1-c1cc2ccc(C3CC4(C3)CC(c3cn([C@H](C(=O)O)C(C)C)nn3)C4)cc2nn1. The van der Waals surface area contributed by atoms with E-state index in [0.717, 1.165) is 53.5 Å². The van der Waals surface area contributed by atoms with Crippen molar-refractivity contribution in [2.24, 2.45) is 11.3 Å². The number of carboxylic acids is 1. The molecule has 0 bridgehead atoms. The summed E-state index contributed by atoms with van der Waals surface area (Å²) in [6, 6.07) is 15.7. The van der Waals surface area contributed by atoms with Crippen LogP contribution in [0.1, 0.15) is 68.7 Å². The molecule has 9 nitrogen and oxygen atoms in total. The van der Waals surface area contributed by atoms with Gasteiger partial charge in [0.05, 0.1) is 16.9 Å². The van der Waals surface area contributed by atoms with Crippen LogP contribution in [-0.2, 0) is 9.53 Å². The standard InChI is InChI=1S/C30H33N5O4/c1-18(2)28(29(36)37)35-16-26(33-34-35)22-14-30(15-22)12-21(13-30)19-8-9-20-11-25(32-31-24(20)10-19)23-6-4-5-7-27(23)39-17-38-3/h4-11,16,18,21-22,28H,12-15,17H2,1-3H3,(H,36,37)/t21?,22?,28-,30?/m0/s1. The van der Waals surface area contributed by atoms with E-state index in [1.807, 2.05) is 44.3 Å². The van der Waals surface area contributed by atoms with Crippen molar-refractivity contribution in [1.82, 2.24) is 25.2 Å². The second-order valence-corrected chi connectivity index (χ2v) is 11.5. The maximum atomic E-state index is 11.6. The number of hydrogen-bond donors (Lipinski definition) is 1. The molecule has 0 aliphatic heterocycles. The molecule has 2 aliphatic rings. The molecule has 1 spiro atoms. The largest absolute Gasteiger partial charge is 0.480 e. The molecule has 202 valence electrons. The Bertz CT molecular complexity index is 1500. The van der Waals surface area contributed by atoms with Crippen molar-refractivity contribution in [2.45, 2.75) is 57.4 Å². The number of rotatable bonds is 9. The molecule has 1 N–H and O–H groups in total. The third-order valence-electron chi connectivity index (χ3n) is 8.41. The van der Waals surface area contributed by atoms with Gasteiger partial charge < -0.3 is 14.6 Å². The Kier molecular flexibility index (Phi) is 6.54. The first-order valence-corrected chi connectivity index (χ1v) is 13.5. The highest BCUT2D eigenvalue weighted by molar-refractivity contribution is 5.83. The lowest BCUT2D eigenvalue weighted by Crippen LogP contribution is -2.45. The summed E-state index contributed by atoms with van der Waals surface area (Å²) >= 11 is 0. The molecule has 9 heteroatoms. The fourth-order valence-corrected chi connectivity index (χ4v) is 6.43. The Morgan fingerprint density at radius 2 is 1.82 bits per heavy atom. The molecule has 0 amide bonds. The van der Waals surface area contributed by atoms with E-state index in [-0.39, 0.29) is 12.7 Å². The summed E-state index contributed by atoms with van der Waals surface area (Å²) in [5.41, 5.74) is 5.14. The zero-order valence-corrected chi connectivity index (χ0v) is 22.4. The van der Waals surface area contributed by atoms with E-state index in [1.54, 1.807) is 7.11 Å². The molecule has 2 fully saturated rings. The van der Waals surface area contributed by atoms with Crippen LogP contribution in [0.25, 0.3) is 22.2 Å². The first-order valence-electron chi connectivity index (χ1n) is 13.5. The van der Waals surface area contributed by atoms with Gasteiger partial charge in [-0.15, -0.1) is 15.3 Å². The molecule has 2 aromatic heterocycles. The first kappa shape index (κ1) is 25.4. The average Bonchev–Trinajstić information content (AvgIpc) is 3.34. The van der Waals surface area contributed by atoms with Crippen molar-refractivity contribution in [1.29, 1.82) is 0 Å². The van der Waals surface area contributed by atoms with Crippen LogP contribution in [0.5, 0.6) is 5.75 Å². The Morgan fingerprint density at radius 3 is 2.56 bits per heavy atom. The Hall–Kier alpha value is -3.85. The summed E-state index contributed by atoms with van der Waals surface area (Å²) in [6.45, 7) is 3.96. The Balaban J connectivity index is 1.10. The van der Waals surface area contributed by atoms with Gasteiger partial charge in [-0.2, -0.15) is 0 Å². The van der Waals surface area contributed by atoms with Crippen LogP contribution in [0.4, 0.5) is 0 Å². The monoisotopic (exact) mass is 527 g/mol. The third kappa shape index (κ3) is 4.76. The van der Waals surface area contributed by atoms with Crippen LogP contribution in [-0.4, -0.2) is 50.2 Å². The molecule has 0 unspecified atom stereocenters. The van der Waals surface area contributed by atoms with Crippen LogP contribution >= 0.6 is 0 Å². The molecule has 2 aromatic carbocycles. The molecule has 2 heterocycles. The summed E-state index contributed by atoms with van der Waals surface area (Å²) in [6.07, 6.45) is 6.32. The van der Waals surface area contributed by atoms with Gasteiger partial charge in [-0.25, -0.2) is 9.48 Å². The highest BCUT2D eigenvalue weighted by Gasteiger charge is 2.54. The highest BCUT2D eigenvalue weighted by Crippen LogP contribution is 2.66. The van der Waals surface area contributed by atoms with Crippen molar-refractivity contribution >= 4 is 16.9 Å². The molecule has 2 aliphatic carbocycles. The molecule has 39 heavy (non-hydrogen) atoms. The number of aliphatic carboxylic acids is 1. The number of aromatic nitrogens is 5. The van der Waals surface area contributed by atoms with Gasteiger partial charge in [0.2, 0.25) is 0 Å². The lowest BCUT2D eigenvalue weighted by molar-refractivity contribution is -0.142. The predicted octanol–water partition coefficient (Wildman–Crippen LogP) is 5.59.